The number of carbonyl (C=O) groups is 1. The maximum absolute atomic E-state index is 12.2. The summed E-state index contributed by atoms with van der Waals surface area (Å²) in [6.07, 6.45) is 1.40. The van der Waals surface area contributed by atoms with E-state index in [1.54, 1.807) is 30.3 Å². The number of hydrogen-bond acceptors (Lipinski definition) is 3. The van der Waals surface area contributed by atoms with Crippen LogP contribution < -0.4 is 5.43 Å². The van der Waals surface area contributed by atoms with Crippen molar-refractivity contribution in [1.82, 2.24) is 9.99 Å². The summed E-state index contributed by atoms with van der Waals surface area (Å²) in [7, 11) is 0. The second kappa shape index (κ2) is 7.58. The number of nitrogens with zero attached hydrogens (tertiary/aromatic N) is 2. The Kier molecular flexibility index (Phi) is 5.23. The molecule has 3 aromatic rings. The smallest absolute Gasteiger partial charge is 0.271 e. The summed E-state index contributed by atoms with van der Waals surface area (Å²) in [6, 6.07) is 16.4. The minimum atomic E-state index is -0.316. The number of amides is 1. The monoisotopic (exact) mass is 411 g/mol. The number of halogens is 1. The van der Waals surface area contributed by atoms with Gasteiger partial charge >= 0.3 is 0 Å². The Morgan fingerprint density at radius 1 is 1.08 bits per heavy atom. The number of phenolic OH excluding ortho intramolecular Hbond substituents is 1. The molecule has 3 rings (SSSR count). The first-order valence-corrected chi connectivity index (χ1v) is 8.82. The van der Waals surface area contributed by atoms with Gasteiger partial charge in [-0.2, -0.15) is 5.10 Å². The molecule has 0 unspecified atom stereocenters. The Hall–Kier alpha value is -2.86. The van der Waals surface area contributed by atoms with Gasteiger partial charge in [0, 0.05) is 32.7 Å². The third-order valence-electron chi connectivity index (χ3n) is 4.02. The van der Waals surface area contributed by atoms with E-state index in [2.05, 4.69) is 43.2 Å². The van der Waals surface area contributed by atoms with Crippen LogP contribution >= 0.6 is 15.9 Å². The molecule has 0 saturated heterocycles. The first-order valence-electron chi connectivity index (χ1n) is 8.03. The van der Waals surface area contributed by atoms with Crippen molar-refractivity contribution in [2.45, 2.75) is 13.8 Å². The first-order chi connectivity index (χ1) is 12.5. The van der Waals surface area contributed by atoms with Crippen molar-refractivity contribution >= 4 is 28.1 Å². The van der Waals surface area contributed by atoms with Crippen LogP contribution in [-0.2, 0) is 0 Å². The molecule has 0 aliphatic rings. The van der Waals surface area contributed by atoms with E-state index in [1.807, 2.05) is 26.0 Å². The van der Waals surface area contributed by atoms with E-state index in [1.165, 1.54) is 6.21 Å². The van der Waals surface area contributed by atoms with Crippen LogP contribution in [0, 0.1) is 13.8 Å². The number of rotatable bonds is 4. The molecule has 2 aromatic carbocycles. The van der Waals surface area contributed by atoms with Crippen LogP contribution in [0.2, 0.25) is 0 Å². The minimum absolute atomic E-state index is 0.0908. The van der Waals surface area contributed by atoms with Gasteiger partial charge in [-0.1, -0.05) is 15.9 Å². The molecule has 0 spiro atoms. The molecule has 1 heterocycles. The number of nitrogens with one attached hydrogen (secondary N) is 1. The van der Waals surface area contributed by atoms with Crippen LogP contribution in [0.5, 0.6) is 5.75 Å². The van der Waals surface area contributed by atoms with Crippen molar-refractivity contribution in [2.75, 3.05) is 0 Å². The topological polar surface area (TPSA) is 66.6 Å². The van der Waals surface area contributed by atoms with Gasteiger partial charge in [-0.15, -0.1) is 0 Å². The Balaban J connectivity index is 1.71. The summed E-state index contributed by atoms with van der Waals surface area (Å²) in [4.78, 5) is 12.2. The van der Waals surface area contributed by atoms with E-state index in [0.29, 0.717) is 11.1 Å². The Bertz CT molecular complexity index is 956. The van der Waals surface area contributed by atoms with Gasteiger partial charge in [0.2, 0.25) is 0 Å². The lowest BCUT2D eigenvalue weighted by atomic mass is 10.2. The maximum atomic E-state index is 12.2. The van der Waals surface area contributed by atoms with Crippen LogP contribution in [0.15, 0.2) is 64.2 Å². The van der Waals surface area contributed by atoms with Crippen molar-refractivity contribution < 1.29 is 9.90 Å². The van der Waals surface area contributed by atoms with Gasteiger partial charge in [0.05, 0.1) is 6.21 Å². The van der Waals surface area contributed by atoms with Crippen LogP contribution in [-0.4, -0.2) is 21.8 Å². The molecule has 26 heavy (non-hydrogen) atoms. The molecule has 0 aliphatic heterocycles. The molecule has 2 N–H and O–H groups in total. The lowest BCUT2D eigenvalue weighted by Gasteiger charge is -2.10. The molecular weight excluding hydrogens is 394 g/mol. The van der Waals surface area contributed by atoms with Crippen molar-refractivity contribution in [3.8, 4) is 11.4 Å². The van der Waals surface area contributed by atoms with Crippen LogP contribution in [0.25, 0.3) is 5.69 Å². The number of phenols is 1. The van der Waals surface area contributed by atoms with E-state index in [-0.39, 0.29) is 11.7 Å². The number of aromatic hydroxyl groups is 1. The summed E-state index contributed by atoms with van der Waals surface area (Å²) >= 11 is 3.32. The van der Waals surface area contributed by atoms with Crippen molar-refractivity contribution in [2.24, 2.45) is 5.10 Å². The fraction of sp³-hybridized carbons (Fsp3) is 0.100. The first kappa shape index (κ1) is 17.9. The van der Waals surface area contributed by atoms with Gasteiger partial charge in [0.1, 0.15) is 5.75 Å². The van der Waals surface area contributed by atoms with Crippen LogP contribution in [0.3, 0.4) is 0 Å². The lowest BCUT2D eigenvalue weighted by Crippen LogP contribution is -2.17. The van der Waals surface area contributed by atoms with Crippen molar-refractivity contribution in [3.05, 3.63) is 81.6 Å². The quantitative estimate of drug-likeness (QED) is 0.495. The van der Waals surface area contributed by atoms with Gasteiger partial charge in [-0.05, 0) is 68.4 Å². The van der Waals surface area contributed by atoms with Gasteiger partial charge in [0.25, 0.3) is 5.91 Å². The predicted octanol–water partition coefficient (Wildman–Crippen LogP) is 4.33. The fourth-order valence-electron chi connectivity index (χ4n) is 2.69. The molecule has 0 bridgehead atoms. The van der Waals surface area contributed by atoms with E-state index >= 15 is 0 Å². The van der Waals surface area contributed by atoms with E-state index in [0.717, 1.165) is 21.5 Å². The minimum Gasteiger partial charge on any atom is -0.507 e. The van der Waals surface area contributed by atoms with Crippen molar-refractivity contribution in [3.63, 3.8) is 0 Å². The summed E-state index contributed by atoms with van der Waals surface area (Å²) in [6.45, 7) is 4.08. The highest BCUT2D eigenvalue weighted by Crippen LogP contribution is 2.20. The average Bonchev–Trinajstić information content (AvgIpc) is 2.96. The summed E-state index contributed by atoms with van der Waals surface area (Å²) < 4.78 is 2.94. The zero-order chi connectivity index (χ0) is 18.7. The number of benzene rings is 2. The highest BCUT2D eigenvalue weighted by Gasteiger charge is 2.07. The van der Waals surface area contributed by atoms with E-state index < -0.39 is 0 Å². The zero-order valence-electron chi connectivity index (χ0n) is 14.4. The molecule has 0 radical (unpaired) electrons. The van der Waals surface area contributed by atoms with Gasteiger partial charge in [0.15, 0.2) is 0 Å². The average molecular weight is 412 g/mol. The highest BCUT2D eigenvalue weighted by atomic mass is 79.9. The van der Waals surface area contributed by atoms with Crippen LogP contribution in [0.1, 0.15) is 27.3 Å². The van der Waals surface area contributed by atoms with Crippen LogP contribution in [0.4, 0.5) is 0 Å². The molecule has 0 atom stereocenters. The van der Waals surface area contributed by atoms with E-state index in [4.69, 9.17) is 0 Å². The fourth-order valence-corrected chi connectivity index (χ4v) is 3.07. The second-order valence-corrected chi connectivity index (χ2v) is 6.82. The number of carbonyl (C=O) groups excluding carboxylic acids is 1. The van der Waals surface area contributed by atoms with Crippen molar-refractivity contribution in [1.29, 1.82) is 0 Å². The number of hydrazone groups is 1. The number of aromatic nitrogens is 1. The lowest BCUT2D eigenvalue weighted by molar-refractivity contribution is 0.0955. The molecule has 0 fully saturated rings. The molecule has 1 amide bonds. The summed E-state index contributed by atoms with van der Waals surface area (Å²) in [5.41, 5.74) is 6.76. The Morgan fingerprint density at radius 3 is 2.38 bits per heavy atom. The highest BCUT2D eigenvalue weighted by molar-refractivity contribution is 9.10. The third kappa shape index (κ3) is 3.86. The predicted molar refractivity (Wildman–Crippen MR) is 106 cm³/mol. The molecule has 5 nitrogen and oxygen atoms in total. The van der Waals surface area contributed by atoms with Gasteiger partial charge in [-0.3, -0.25) is 4.79 Å². The molecular formula is C20H18BrN3O2. The standard InChI is InChI=1S/C20H18BrN3O2/c1-13-3-4-14(2)24(13)18-8-5-15(6-9-18)20(26)23-22-12-16-11-17(21)7-10-19(16)25/h3-12,25H,1-2H3,(H,23,26)/b22-12+. The largest absolute Gasteiger partial charge is 0.507 e. The Morgan fingerprint density at radius 2 is 1.73 bits per heavy atom. The van der Waals surface area contributed by atoms with Gasteiger partial charge < -0.3 is 9.67 Å². The molecule has 0 aliphatic carbocycles. The second-order valence-electron chi connectivity index (χ2n) is 5.90. The molecule has 132 valence electrons. The summed E-state index contributed by atoms with van der Waals surface area (Å²) in [5.74, 6) is -0.226. The molecule has 6 heteroatoms. The maximum Gasteiger partial charge on any atom is 0.271 e. The number of aryl methyl sites for hydroxylation is 2. The third-order valence-corrected chi connectivity index (χ3v) is 4.51. The normalized spacial score (nSPS) is 11.0. The van der Waals surface area contributed by atoms with Gasteiger partial charge in [-0.25, -0.2) is 5.43 Å². The summed E-state index contributed by atoms with van der Waals surface area (Å²) in [5, 5.41) is 13.7. The molecule has 0 saturated carbocycles. The number of hydrogen-bond donors (Lipinski definition) is 2. The SMILES string of the molecule is Cc1ccc(C)n1-c1ccc(C(=O)N/N=C/c2cc(Br)ccc2O)cc1. The Labute approximate surface area is 160 Å². The zero-order valence-corrected chi connectivity index (χ0v) is 16.0. The van der Waals surface area contributed by atoms with E-state index in [9.17, 15) is 9.90 Å². The molecule has 1 aromatic heterocycles.